The van der Waals surface area contributed by atoms with Gasteiger partial charge in [0.2, 0.25) is 0 Å². The summed E-state index contributed by atoms with van der Waals surface area (Å²) in [5.41, 5.74) is 7.63. The summed E-state index contributed by atoms with van der Waals surface area (Å²) < 4.78 is 17.8. The Hall–Kier alpha value is -12.2. The molecule has 3 saturated heterocycles. The molecule has 11 aromatic rings. The Bertz CT molecular complexity index is 5090. The van der Waals surface area contributed by atoms with Gasteiger partial charge in [-0.05, 0) is 207 Å². The molecule has 19 rings (SSSR count). The SMILES string of the molecule is O=C(Nc1cccc2cccnc12)c1ccc(I)cc1.O=C(Nc1cccc2cccnc12)c1ccc(N2C(=O)OC3(CCC3)C2c2ccccc2)cc1.O=C(O)C(c1ccccc1)C1(O)CCC1.O=C(O)Cc1ccccc1.O=C1CCC1.O=C1NC(c2ccccc2)C2(CCC2)O1.O=C1NC(c2ccccc2)C2(CCC2)O1. The molecule has 7 N–H and O–H groups in total. The number of alkyl carbamates (subject to hydrolysis) is 2. The predicted molar refractivity (Wildman–Crippen MR) is 443 cm³/mol. The van der Waals surface area contributed by atoms with Gasteiger partial charge in [-0.1, -0.05) is 188 Å². The fourth-order valence-corrected chi connectivity index (χ4v) is 15.6. The number of aliphatic carboxylic acids is 2. The molecular weight excluding hydrogens is 1550 g/mol. The Morgan fingerprint density at radius 1 is 0.465 bits per heavy atom. The van der Waals surface area contributed by atoms with Crippen molar-refractivity contribution < 1.29 is 67.9 Å². The van der Waals surface area contributed by atoms with Gasteiger partial charge in [0, 0.05) is 56.4 Å². The number of amides is 5. The number of para-hydroxylation sites is 2. The largest absolute Gasteiger partial charge is 0.481 e. The molecule has 114 heavy (non-hydrogen) atoms. The Kier molecular flexibility index (Phi) is 25.6. The van der Waals surface area contributed by atoms with Crippen LogP contribution in [-0.2, 0) is 35.0 Å². The molecular formula is C92H88IN7O14. The van der Waals surface area contributed by atoms with Crippen LogP contribution < -0.4 is 26.2 Å². The van der Waals surface area contributed by atoms with Crippen LogP contribution in [0.4, 0.5) is 31.4 Å². The van der Waals surface area contributed by atoms with E-state index in [2.05, 4.69) is 53.8 Å². The third-order valence-electron chi connectivity index (χ3n) is 21.9. The molecule has 21 nitrogen and oxygen atoms in total. The second kappa shape index (κ2) is 36.6. The van der Waals surface area contributed by atoms with E-state index < -0.39 is 29.1 Å². The number of hydrogen-bond donors (Lipinski definition) is 7. The van der Waals surface area contributed by atoms with Crippen molar-refractivity contribution in [3.63, 3.8) is 0 Å². The fraction of sp³-hybridized carbons (Fsp3) is 0.261. The summed E-state index contributed by atoms with van der Waals surface area (Å²) in [6.45, 7) is 0. The lowest BCUT2D eigenvalue weighted by molar-refractivity contribution is -0.151. The van der Waals surface area contributed by atoms with E-state index in [1.807, 2.05) is 212 Å². The number of nitrogens with one attached hydrogen (secondary N) is 4. The summed E-state index contributed by atoms with van der Waals surface area (Å²) in [7, 11) is 0. The second-order valence-electron chi connectivity index (χ2n) is 29.4. The number of ether oxygens (including phenoxy) is 3. The molecule has 582 valence electrons. The maximum Gasteiger partial charge on any atom is 0.415 e. The number of carboxylic acid groups (broad SMARTS) is 2. The molecule has 9 aromatic carbocycles. The van der Waals surface area contributed by atoms with E-state index in [9.17, 15) is 43.5 Å². The predicted octanol–water partition coefficient (Wildman–Crippen LogP) is 18.8. The van der Waals surface area contributed by atoms with E-state index in [1.54, 1.807) is 65.8 Å². The Balaban J connectivity index is 0.000000123. The van der Waals surface area contributed by atoms with Crippen molar-refractivity contribution in [1.29, 1.82) is 0 Å². The van der Waals surface area contributed by atoms with Crippen LogP contribution in [0.3, 0.4) is 0 Å². The molecule has 5 aliphatic carbocycles. The Morgan fingerprint density at radius 2 is 0.868 bits per heavy atom. The van der Waals surface area contributed by atoms with Crippen LogP contribution in [0.5, 0.6) is 0 Å². The minimum absolute atomic E-state index is 0.0416. The highest BCUT2D eigenvalue weighted by molar-refractivity contribution is 14.1. The number of rotatable bonds is 13. The van der Waals surface area contributed by atoms with Gasteiger partial charge in [-0.3, -0.25) is 38.8 Å². The summed E-state index contributed by atoms with van der Waals surface area (Å²) in [6, 6.07) is 81.8. The van der Waals surface area contributed by atoms with Crippen molar-refractivity contribution in [1.82, 2.24) is 20.6 Å². The number of Topliss-reactive ketones (excluding diaryl/α,β-unsaturated/α-hetero) is 1. The highest BCUT2D eigenvalue weighted by Crippen LogP contribution is 2.55. The average Bonchev–Trinajstić information content (AvgIpc) is 1.56. The number of carboxylic acids is 2. The lowest BCUT2D eigenvalue weighted by Gasteiger charge is -2.41. The first-order chi connectivity index (χ1) is 55.3. The number of carbonyl (C=O) groups excluding carboxylic acids is 6. The molecule has 3 aliphatic heterocycles. The van der Waals surface area contributed by atoms with Crippen molar-refractivity contribution in [3.8, 4) is 0 Å². The zero-order valence-corrected chi connectivity index (χ0v) is 64.8. The molecule has 22 heteroatoms. The first kappa shape index (κ1) is 79.9. The third kappa shape index (κ3) is 19.0. The molecule has 5 amide bonds. The second-order valence-corrected chi connectivity index (χ2v) is 30.6. The van der Waals surface area contributed by atoms with Crippen LogP contribution in [-0.4, -0.2) is 95.5 Å². The number of nitrogens with zero attached hydrogens (tertiary/aromatic N) is 3. The molecule has 0 radical (unpaired) electrons. The smallest absolute Gasteiger partial charge is 0.415 e. The molecule has 3 spiro atoms. The zero-order chi connectivity index (χ0) is 79.7. The van der Waals surface area contributed by atoms with Crippen LogP contribution in [0, 0.1) is 3.57 Å². The summed E-state index contributed by atoms with van der Waals surface area (Å²) in [5, 5.41) is 41.3. The number of anilines is 3. The van der Waals surface area contributed by atoms with Gasteiger partial charge in [-0.2, -0.15) is 0 Å². The minimum Gasteiger partial charge on any atom is -0.481 e. The highest BCUT2D eigenvalue weighted by Gasteiger charge is 2.59. The maximum atomic E-state index is 13.0. The van der Waals surface area contributed by atoms with E-state index >= 15 is 0 Å². The lowest BCUT2D eigenvalue weighted by Crippen LogP contribution is -2.46. The number of hydrogen-bond acceptors (Lipinski definition) is 14. The lowest BCUT2D eigenvalue weighted by atomic mass is 9.69. The van der Waals surface area contributed by atoms with Crippen LogP contribution in [0.2, 0.25) is 0 Å². The standard InChI is InChI=1S/C28H23N3O3.C16H11IN2O.2C12H13NO2.C12H14O3.C8H8O2.C4H6O/c32-26(30-23-11-4-9-19-10-5-18-29-24(19)23)21-12-14-22(15-13-21)31-25(20-7-2-1-3-8-20)28(16-6-17-28)34-27(31)33;17-13-8-6-12(7-9-13)16(20)19-14-5-1-3-11-4-2-10-18-15(11)14;2*14-11-13-10(9-5-2-1-3-6-9)12(15-11)7-4-8-12;13-11(14)10(12(15)7-4-8-12)9-5-2-1-3-6-9;9-8(10)6-7-4-2-1-3-5-7;5-4-2-1-3-4/h1-5,7-15,18,25H,6,16-17H2,(H,30,32);1-10H,(H,19,20);2*1-3,5-6,10H,4,7-8H2,(H,13,14);1-3,5-6,10,15H,4,7-8H2,(H,13,14);1-5H,6H2,(H,9,10);1-3H2. The van der Waals surface area contributed by atoms with Gasteiger partial charge in [0.1, 0.15) is 34.5 Å². The summed E-state index contributed by atoms with van der Waals surface area (Å²) in [4.78, 5) is 102. The zero-order valence-electron chi connectivity index (χ0n) is 62.7. The highest BCUT2D eigenvalue weighted by atomic mass is 127. The monoisotopic (exact) mass is 1640 g/mol. The number of aliphatic hydroxyl groups is 1. The van der Waals surface area contributed by atoms with Crippen molar-refractivity contribution >= 4 is 109 Å². The van der Waals surface area contributed by atoms with E-state index in [-0.39, 0.29) is 65.8 Å². The average molecular weight is 1640 g/mol. The number of benzene rings is 9. The molecule has 8 fully saturated rings. The number of pyridine rings is 2. The maximum absolute atomic E-state index is 13.0. The first-order valence-electron chi connectivity index (χ1n) is 38.4. The van der Waals surface area contributed by atoms with Gasteiger partial charge in [-0.15, -0.1) is 0 Å². The number of aromatic nitrogens is 2. The van der Waals surface area contributed by atoms with Crippen LogP contribution >= 0.6 is 22.6 Å². The third-order valence-corrected chi connectivity index (χ3v) is 22.6. The number of ketones is 1. The van der Waals surface area contributed by atoms with Crippen molar-refractivity contribution in [2.75, 3.05) is 15.5 Å². The summed E-state index contributed by atoms with van der Waals surface area (Å²) >= 11 is 2.21. The number of halogens is 1. The van der Waals surface area contributed by atoms with E-state index in [0.717, 1.165) is 137 Å². The molecule has 2 aromatic heterocycles. The van der Waals surface area contributed by atoms with E-state index in [4.69, 9.17) is 24.4 Å². The fourth-order valence-electron chi connectivity index (χ4n) is 15.2. The van der Waals surface area contributed by atoms with Gasteiger partial charge >= 0.3 is 30.2 Å². The molecule has 8 aliphatic rings. The van der Waals surface area contributed by atoms with Crippen molar-refractivity contribution in [3.05, 3.63) is 316 Å². The van der Waals surface area contributed by atoms with E-state index in [0.29, 0.717) is 46.7 Å². The number of carbonyl (C=O) groups is 8. The molecule has 0 bridgehead atoms. The van der Waals surface area contributed by atoms with Crippen molar-refractivity contribution in [2.24, 2.45) is 0 Å². The topological polar surface area (TPSA) is 302 Å². The van der Waals surface area contributed by atoms with Crippen LogP contribution in [0.15, 0.2) is 273 Å². The Labute approximate surface area is 674 Å². The summed E-state index contributed by atoms with van der Waals surface area (Å²) in [5.74, 6) is -2.43. The summed E-state index contributed by atoms with van der Waals surface area (Å²) in [6.07, 6.45) is 16.5. The van der Waals surface area contributed by atoms with Crippen LogP contribution in [0.1, 0.15) is 169 Å². The number of fused-ring (bicyclic) bond motifs is 2. The first-order valence-corrected chi connectivity index (χ1v) is 39.5. The van der Waals surface area contributed by atoms with Crippen molar-refractivity contribution in [2.45, 2.75) is 149 Å². The van der Waals surface area contributed by atoms with E-state index in [1.165, 1.54) is 0 Å². The Morgan fingerprint density at radius 3 is 1.25 bits per heavy atom. The quantitative estimate of drug-likeness (QED) is 0.0417. The van der Waals surface area contributed by atoms with Gasteiger partial charge in [0.05, 0.1) is 46.5 Å². The van der Waals surface area contributed by atoms with Gasteiger partial charge in [0.15, 0.2) is 0 Å². The minimum atomic E-state index is -1.03. The van der Waals surface area contributed by atoms with Gasteiger partial charge in [-0.25, -0.2) is 14.4 Å². The molecule has 4 unspecified atom stereocenters. The van der Waals surface area contributed by atoms with Gasteiger partial charge < -0.3 is 50.8 Å². The normalized spacial score (nSPS) is 18.9. The van der Waals surface area contributed by atoms with Gasteiger partial charge in [0.25, 0.3) is 11.8 Å². The molecule has 4 atom stereocenters. The molecule has 5 saturated carbocycles. The van der Waals surface area contributed by atoms with Crippen LogP contribution in [0.25, 0.3) is 21.8 Å². The molecule has 5 heterocycles.